The van der Waals surface area contributed by atoms with Crippen LogP contribution in [-0.2, 0) is 14.3 Å². The average molecular weight is 435 g/mol. The van der Waals surface area contributed by atoms with Crippen molar-refractivity contribution in [2.45, 2.75) is 129 Å². The summed E-state index contributed by atoms with van der Waals surface area (Å²) in [5, 5.41) is 19.6. The minimum Gasteiger partial charge on any atom is -0.504 e. The van der Waals surface area contributed by atoms with Gasteiger partial charge in [0.15, 0.2) is 11.5 Å². The van der Waals surface area contributed by atoms with E-state index in [1.165, 1.54) is 84.0 Å². The van der Waals surface area contributed by atoms with E-state index in [4.69, 9.17) is 4.74 Å². The fourth-order valence-corrected chi connectivity index (χ4v) is 4.41. The number of Topliss-reactive ketones (excluding diaryl/α,β-unsaturated/α-hetero) is 2. The number of rotatable bonds is 17. The summed E-state index contributed by atoms with van der Waals surface area (Å²) in [7, 11) is 0. The van der Waals surface area contributed by atoms with Crippen molar-refractivity contribution in [3.05, 3.63) is 22.7 Å². The number of ether oxygens (including phenoxy) is 1. The van der Waals surface area contributed by atoms with Gasteiger partial charge in [-0.05, 0) is 32.6 Å². The smallest absolute Gasteiger partial charge is 0.227 e. The fourth-order valence-electron chi connectivity index (χ4n) is 4.41. The number of unbranched alkanes of at least 4 members (excludes halogenated alkanes) is 11. The van der Waals surface area contributed by atoms with Gasteiger partial charge in [0.1, 0.15) is 0 Å². The average Bonchev–Trinajstić information content (AvgIpc) is 3.52. The van der Waals surface area contributed by atoms with E-state index in [1.54, 1.807) is 0 Å². The molecule has 0 saturated carbocycles. The van der Waals surface area contributed by atoms with Crippen LogP contribution in [0.1, 0.15) is 117 Å². The Morgan fingerprint density at radius 1 is 0.677 bits per heavy atom. The largest absolute Gasteiger partial charge is 0.504 e. The normalized spacial score (nSPS) is 21.4. The predicted molar refractivity (Wildman–Crippen MR) is 123 cm³/mol. The van der Waals surface area contributed by atoms with Gasteiger partial charge in [-0.2, -0.15) is 0 Å². The number of hydrogen-bond donors (Lipinski definition) is 2. The van der Waals surface area contributed by atoms with E-state index in [9.17, 15) is 19.8 Å². The molecule has 5 nitrogen and oxygen atoms in total. The van der Waals surface area contributed by atoms with E-state index in [1.807, 2.05) is 0 Å². The highest BCUT2D eigenvalue weighted by atomic mass is 16.6. The molecule has 0 bridgehead atoms. The maximum absolute atomic E-state index is 12.0. The first kappa shape index (κ1) is 25.6. The van der Waals surface area contributed by atoms with Crippen LogP contribution in [0, 0.1) is 0 Å². The third-order valence-corrected chi connectivity index (χ3v) is 6.63. The first-order chi connectivity index (χ1) is 15.0. The third-order valence-electron chi connectivity index (χ3n) is 6.63. The third kappa shape index (κ3) is 8.44. The summed E-state index contributed by atoms with van der Waals surface area (Å²) in [5.41, 5.74) is -0.00273. The molecule has 2 atom stereocenters. The summed E-state index contributed by atoms with van der Waals surface area (Å²) in [6, 6.07) is 0. The van der Waals surface area contributed by atoms with Crippen molar-refractivity contribution in [1.29, 1.82) is 0 Å². The van der Waals surface area contributed by atoms with E-state index in [0.717, 1.165) is 19.3 Å². The molecule has 0 aromatic heterocycles. The van der Waals surface area contributed by atoms with Crippen molar-refractivity contribution in [3.8, 4) is 0 Å². The van der Waals surface area contributed by atoms with Gasteiger partial charge >= 0.3 is 0 Å². The topological polar surface area (TPSA) is 87.1 Å². The number of carbonyl (C=O) groups is 2. The number of allylic oxidation sites excluding steroid dienone is 2. The van der Waals surface area contributed by atoms with Crippen LogP contribution < -0.4 is 0 Å². The molecule has 1 aliphatic carbocycles. The minimum atomic E-state index is -0.635. The van der Waals surface area contributed by atoms with Crippen molar-refractivity contribution in [2.75, 3.05) is 0 Å². The van der Waals surface area contributed by atoms with Crippen molar-refractivity contribution >= 4 is 11.6 Å². The molecule has 0 aromatic carbocycles. The number of hydrogen-bond acceptors (Lipinski definition) is 5. The zero-order valence-electron chi connectivity index (χ0n) is 19.6. The number of aliphatic hydroxyl groups is 2. The standard InChI is InChI=1S/C26H42O5/c1-3-4-17-21-22(31-21)18-15-13-11-9-7-5-6-8-10-12-14-16-20-25(29)23(27)19(2)24(28)26(20)30/h21-22,27,30H,3-18H2,1-2H3/t21-,22-/m1/s1. The number of ketones is 2. The molecule has 0 unspecified atom stereocenters. The van der Waals surface area contributed by atoms with E-state index in [-0.39, 0.29) is 11.1 Å². The zero-order chi connectivity index (χ0) is 22.6. The number of carbonyl (C=O) groups excluding carboxylic acids is 2. The van der Waals surface area contributed by atoms with Crippen molar-refractivity contribution in [3.63, 3.8) is 0 Å². The van der Waals surface area contributed by atoms with Gasteiger partial charge in [-0.1, -0.05) is 84.0 Å². The zero-order valence-corrected chi connectivity index (χ0v) is 19.6. The van der Waals surface area contributed by atoms with Crippen molar-refractivity contribution < 1.29 is 24.5 Å². The van der Waals surface area contributed by atoms with E-state index in [2.05, 4.69) is 6.92 Å². The SMILES string of the molecule is CCCC[C@H]1O[C@@H]1CCCCCCCCCCCCCC1=C(O)C(=O)C(C)=C(O)C1=O. The first-order valence-electron chi connectivity index (χ1n) is 12.5. The summed E-state index contributed by atoms with van der Waals surface area (Å²) in [6.07, 6.45) is 19.6. The molecule has 1 aliphatic heterocycles. The molecule has 176 valence electrons. The van der Waals surface area contributed by atoms with Crippen LogP contribution in [0.4, 0.5) is 0 Å². The summed E-state index contributed by atoms with van der Waals surface area (Å²) in [6.45, 7) is 3.59. The lowest BCUT2D eigenvalue weighted by Crippen LogP contribution is -2.22. The van der Waals surface area contributed by atoms with Gasteiger partial charge in [-0.25, -0.2) is 0 Å². The predicted octanol–water partition coefficient (Wildman–Crippen LogP) is 6.81. The maximum Gasteiger partial charge on any atom is 0.227 e. The summed E-state index contributed by atoms with van der Waals surface area (Å²) in [4.78, 5) is 23.8. The highest BCUT2D eigenvalue weighted by molar-refractivity contribution is 6.22. The molecule has 1 heterocycles. The van der Waals surface area contributed by atoms with Gasteiger partial charge in [0, 0.05) is 11.1 Å². The van der Waals surface area contributed by atoms with Gasteiger partial charge < -0.3 is 14.9 Å². The Bertz CT molecular complexity index is 661. The summed E-state index contributed by atoms with van der Waals surface area (Å²) >= 11 is 0. The Balaban J connectivity index is 1.38. The molecule has 1 saturated heterocycles. The van der Waals surface area contributed by atoms with Gasteiger partial charge in [0.25, 0.3) is 0 Å². The van der Waals surface area contributed by atoms with Crippen LogP contribution in [0.5, 0.6) is 0 Å². The lowest BCUT2D eigenvalue weighted by molar-refractivity contribution is -0.120. The quantitative estimate of drug-likeness (QED) is 0.149. The lowest BCUT2D eigenvalue weighted by Gasteiger charge is -2.15. The minimum absolute atomic E-state index is 0.0674. The molecule has 31 heavy (non-hydrogen) atoms. The Kier molecular flexibility index (Phi) is 11.3. The molecular formula is C26H42O5. The van der Waals surface area contributed by atoms with Crippen molar-refractivity contribution in [2.24, 2.45) is 0 Å². The Morgan fingerprint density at radius 3 is 1.71 bits per heavy atom. The number of epoxide rings is 1. The summed E-state index contributed by atoms with van der Waals surface area (Å²) < 4.78 is 5.72. The molecule has 0 aromatic rings. The van der Waals surface area contributed by atoms with E-state index >= 15 is 0 Å². The highest BCUT2D eigenvalue weighted by Gasteiger charge is 2.36. The Labute approximate surface area is 187 Å². The second kappa shape index (κ2) is 13.7. The molecule has 0 radical (unpaired) electrons. The fraction of sp³-hybridized carbons (Fsp3) is 0.769. The van der Waals surface area contributed by atoms with Gasteiger partial charge in [0.05, 0.1) is 12.2 Å². The monoisotopic (exact) mass is 434 g/mol. The Hall–Kier alpha value is -1.62. The van der Waals surface area contributed by atoms with Gasteiger partial charge in [-0.15, -0.1) is 0 Å². The molecule has 2 N–H and O–H groups in total. The first-order valence-corrected chi connectivity index (χ1v) is 12.5. The van der Waals surface area contributed by atoms with Gasteiger partial charge in [-0.3, -0.25) is 9.59 Å². The van der Waals surface area contributed by atoms with Crippen LogP contribution in [0.25, 0.3) is 0 Å². The molecule has 2 aliphatic rings. The molecule has 5 heteroatoms. The second-order valence-electron chi connectivity index (χ2n) is 9.24. The van der Waals surface area contributed by atoms with E-state index in [0.29, 0.717) is 18.6 Å². The highest BCUT2D eigenvalue weighted by Crippen LogP contribution is 2.31. The maximum atomic E-state index is 12.0. The molecule has 0 spiro atoms. The lowest BCUT2D eigenvalue weighted by atomic mass is 9.91. The molecule has 0 amide bonds. The second-order valence-corrected chi connectivity index (χ2v) is 9.24. The van der Waals surface area contributed by atoms with Crippen LogP contribution in [0.2, 0.25) is 0 Å². The van der Waals surface area contributed by atoms with Crippen LogP contribution >= 0.6 is 0 Å². The number of aliphatic hydroxyl groups excluding tert-OH is 2. The van der Waals surface area contributed by atoms with Gasteiger partial charge in [0.2, 0.25) is 11.6 Å². The van der Waals surface area contributed by atoms with Crippen molar-refractivity contribution in [1.82, 2.24) is 0 Å². The van der Waals surface area contributed by atoms with Crippen LogP contribution in [0.15, 0.2) is 22.7 Å². The summed E-state index contributed by atoms with van der Waals surface area (Å²) in [5.74, 6) is -2.24. The Morgan fingerprint density at radius 2 is 1.16 bits per heavy atom. The molecular weight excluding hydrogens is 392 g/mol. The molecule has 2 rings (SSSR count). The molecule has 1 fully saturated rings. The van der Waals surface area contributed by atoms with E-state index < -0.39 is 23.1 Å². The van der Waals surface area contributed by atoms with Crippen LogP contribution in [-0.4, -0.2) is 34.0 Å². The van der Waals surface area contributed by atoms with Crippen LogP contribution in [0.3, 0.4) is 0 Å².